The van der Waals surface area contributed by atoms with E-state index in [9.17, 15) is 4.79 Å². The summed E-state index contributed by atoms with van der Waals surface area (Å²) in [6, 6.07) is 78.0. The quantitative estimate of drug-likeness (QED) is 0.130. The van der Waals surface area contributed by atoms with Gasteiger partial charge in [0.05, 0.1) is 0 Å². The van der Waals surface area contributed by atoms with Gasteiger partial charge in [0.25, 0.3) is 0 Å². The summed E-state index contributed by atoms with van der Waals surface area (Å²) in [5.74, 6) is 0.0353. The second kappa shape index (κ2) is 20.8. The molecule has 0 spiro atoms. The smallest absolute Gasteiger partial charge is 0.193 e. The van der Waals surface area contributed by atoms with Crippen molar-refractivity contribution in [3.63, 3.8) is 0 Å². The summed E-state index contributed by atoms with van der Waals surface area (Å²) in [6.07, 6.45) is 3.51. The first-order valence-corrected chi connectivity index (χ1v) is 19.9. The molecule has 4 nitrogen and oxygen atoms in total. The lowest BCUT2D eigenvalue weighted by atomic mass is 10.0. The number of ether oxygens (including phenoxy) is 1. The Morgan fingerprint density at radius 1 is 0.345 bits per heavy atom. The maximum atomic E-state index is 12.7. The summed E-state index contributed by atoms with van der Waals surface area (Å²) in [7, 11) is 0. The van der Waals surface area contributed by atoms with E-state index in [4.69, 9.17) is 4.74 Å². The van der Waals surface area contributed by atoms with Crippen LogP contribution in [0.5, 0.6) is 0 Å². The average Bonchev–Trinajstić information content (AvgIpc) is 3.91. The van der Waals surface area contributed by atoms with Crippen LogP contribution in [0, 0.1) is 0 Å². The molecule has 8 aromatic carbocycles. The molecule has 0 atom stereocenters. The van der Waals surface area contributed by atoms with E-state index >= 15 is 0 Å². The number of rotatable bonds is 10. The predicted molar refractivity (Wildman–Crippen MR) is 241 cm³/mol. The van der Waals surface area contributed by atoms with E-state index in [1.807, 2.05) is 91.0 Å². The Morgan fingerprint density at radius 2 is 0.638 bits per heavy atom. The molecule has 0 amide bonds. The predicted octanol–water partition coefficient (Wildman–Crippen LogP) is 13.9. The minimum absolute atomic E-state index is 0.0353. The topological polar surface area (TPSA) is 32.8 Å². The van der Waals surface area contributed by atoms with Gasteiger partial charge in [-0.2, -0.15) is 0 Å². The number of benzene rings is 8. The number of nitrogens with zero attached hydrogens (tertiary/aromatic N) is 2. The summed E-state index contributed by atoms with van der Waals surface area (Å²) in [5, 5.41) is 0. The van der Waals surface area contributed by atoms with Gasteiger partial charge in [0.2, 0.25) is 0 Å². The van der Waals surface area contributed by atoms with E-state index < -0.39 is 0 Å². The molecule has 9 rings (SSSR count). The summed E-state index contributed by atoms with van der Waals surface area (Å²) in [6.45, 7) is 2.00. The van der Waals surface area contributed by atoms with E-state index in [1.54, 1.807) is 0 Å². The molecule has 58 heavy (non-hydrogen) atoms. The molecular formula is C54H48N2O2. The standard InChI is InChI=1S/C25H19NO.C25H21N.C4H8O/c27-25(20-10-4-1-5-11-20)21-16-18-24(19-17-21)26(22-12-6-2-7-13-22)23-14-8-3-9-15-23;1-4-10-21(11-5-1)20-22-16-18-25(19-17-22)26(23-12-6-2-7-13-23)24-14-8-3-9-15-24;1-2-4-5-3-1/h1-19H;1-19H,20H2;1-4H2. The van der Waals surface area contributed by atoms with Gasteiger partial charge >= 0.3 is 0 Å². The Kier molecular flexibility index (Phi) is 14.1. The number of ketones is 1. The average molecular weight is 757 g/mol. The molecule has 4 heteroatoms. The number of hydrogen-bond donors (Lipinski definition) is 0. The lowest BCUT2D eigenvalue weighted by Crippen LogP contribution is -2.10. The molecule has 1 saturated heterocycles. The van der Waals surface area contributed by atoms with Crippen molar-refractivity contribution in [3.05, 3.63) is 253 Å². The van der Waals surface area contributed by atoms with Crippen molar-refractivity contribution in [2.24, 2.45) is 0 Å². The number of carbonyl (C=O) groups excluding carboxylic acids is 1. The van der Waals surface area contributed by atoms with Gasteiger partial charge in [0, 0.05) is 58.5 Å². The lowest BCUT2D eigenvalue weighted by Gasteiger charge is -2.25. The highest BCUT2D eigenvalue weighted by Crippen LogP contribution is 2.35. The molecule has 1 aliphatic heterocycles. The summed E-state index contributed by atoms with van der Waals surface area (Å²) in [5.41, 5.74) is 10.7. The van der Waals surface area contributed by atoms with Crippen LogP contribution in [0.3, 0.4) is 0 Å². The SMILES string of the molecule is C1CCOC1.O=C(c1ccccc1)c1ccc(N(c2ccccc2)c2ccccc2)cc1.c1ccc(Cc2ccc(N(c3ccccc3)c3ccccc3)cc2)cc1. The minimum Gasteiger partial charge on any atom is -0.381 e. The van der Waals surface area contributed by atoms with Gasteiger partial charge in [-0.3, -0.25) is 4.79 Å². The van der Waals surface area contributed by atoms with Gasteiger partial charge in [-0.1, -0.05) is 146 Å². The molecule has 1 fully saturated rings. The molecule has 0 unspecified atom stereocenters. The number of anilines is 6. The first kappa shape index (κ1) is 39.2. The molecule has 1 heterocycles. The molecule has 8 aromatic rings. The van der Waals surface area contributed by atoms with E-state index in [0.717, 1.165) is 48.1 Å². The maximum absolute atomic E-state index is 12.7. The second-order valence-corrected chi connectivity index (χ2v) is 13.9. The molecular weight excluding hydrogens is 709 g/mol. The Morgan fingerprint density at radius 3 is 1.00 bits per heavy atom. The van der Waals surface area contributed by atoms with Gasteiger partial charge in [-0.15, -0.1) is 0 Å². The highest BCUT2D eigenvalue weighted by Gasteiger charge is 2.14. The summed E-state index contributed by atoms with van der Waals surface area (Å²) >= 11 is 0. The molecule has 0 N–H and O–H groups in total. The van der Waals surface area contributed by atoms with Crippen LogP contribution in [-0.2, 0) is 11.2 Å². The normalized spacial score (nSPS) is 11.6. The monoisotopic (exact) mass is 756 g/mol. The van der Waals surface area contributed by atoms with Crippen LogP contribution < -0.4 is 9.80 Å². The minimum atomic E-state index is 0.0353. The Balaban J connectivity index is 0.000000157. The first-order chi connectivity index (χ1) is 28.7. The fourth-order valence-corrected chi connectivity index (χ4v) is 6.83. The van der Waals surface area contributed by atoms with Crippen molar-refractivity contribution in [2.45, 2.75) is 19.3 Å². The number of para-hydroxylation sites is 4. The van der Waals surface area contributed by atoms with Crippen LogP contribution in [0.1, 0.15) is 39.9 Å². The Hall–Kier alpha value is -7.01. The third-order valence-electron chi connectivity index (χ3n) is 9.75. The molecule has 1 aliphatic rings. The molecule has 0 aromatic heterocycles. The fourth-order valence-electron chi connectivity index (χ4n) is 6.83. The van der Waals surface area contributed by atoms with Crippen LogP contribution in [0.25, 0.3) is 0 Å². The zero-order chi connectivity index (χ0) is 39.6. The Bertz CT molecular complexity index is 2280. The largest absolute Gasteiger partial charge is 0.381 e. The highest BCUT2D eigenvalue weighted by atomic mass is 16.5. The van der Waals surface area contributed by atoms with Crippen molar-refractivity contribution in [3.8, 4) is 0 Å². The first-order valence-electron chi connectivity index (χ1n) is 19.9. The van der Waals surface area contributed by atoms with Gasteiger partial charge in [0.15, 0.2) is 5.78 Å². The van der Waals surface area contributed by atoms with Crippen LogP contribution in [0.4, 0.5) is 34.1 Å². The van der Waals surface area contributed by atoms with Gasteiger partial charge < -0.3 is 14.5 Å². The highest BCUT2D eigenvalue weighted by molar-refractivity contribution is 6.09. The Labute approximate surface area is 343 Å². The van der Waals surface area contributed by atoms with E-state index in [2.05, 4.69) is 149 Å². The van der Waals surface area contributed by atoms with E-state index in [0.29, 0.717) is 11.1 Å². The molecule has 0 aliphatic carbocycles. The lowest BCUT2D eigenvalue weighted by molar-refractivity contribution is 0.103. The molecule has 0 saturated carbocycles. The number of carbonyl (C=O) groups is 1. The van der Waals surface area contributed by atoms with Crippen LogP contribution >= 0.6 is 0 Å². The van der Waals surface area contributed by atoms with Gasteiger partial charge in [-0.05, 0) is 115 Å². The van der Waals surface area contributed by atoms with Crippen molar-refractivity contribution in [1.29, 1.82) is 0 Å². The number of hydrogen-bond acceptors (Lipinski definition) is 4. The summed E-state index contributed by atoms with van der Waals surface area (Å²) in [4.78, 5) is 17.1. The summed E-state index contributed by atoms with van der Waals surface area (Å²) < 4.78 is 4.94. The van der Waals surface area contributed by atoms with Crippen molar-refractivity contribution in [2.75, 3.05) is 23.0 Å². The van der Waals surface area contributed by atoms with Crippen molar-refractivity contribution in [1.82, 2.24) is 0 Å². The second-order valence-electron chi connectivity index (χ2n) is 13.9. The zero-order valence-corrected chi connectivity index (χ0v) is 32.7. The van der Waals surface area contributed by atoms with Crippen LogP contribution in [-0.4, -0.2) is 19.0 Å². The van der Waals surface area contributed by atoms with E-state index in [-0.39, 0.29) is 5.78 Å². The molecule has 286 valence electrons. The van der Waals surface area contributed by atoms with Crippen molar-refractivity contribution >= 4 is 39.9 Å². The third kappa shape index (κ3) is 10.8. The van der Waals surface area contributed by atoms with E-state index in [1.165, 1.54) is 29.7 Å². The zero-order valence-electron chi connectivity index (χ0n) is 32.7. The van der Waals surface area contributed by atoms with Crippen molar-refractivity contribution < 1.29 is 9.53 Å². The van der Waals surface area contributed by atoms with Gasteiger partial charge in [0.1, 0.15) is 0 Å². The maximum Gasteiger partial charge on any atom is 0.193 e. The fraction of sp³-hybridized carbons (Fsp3) is 0.0926. The molecule has 0 radical (unpaired) electrons. The van der Waals surface area contributed by atoms with Gasteiger partial charge in [-0.25, -0.2) is 0 Å². The van der Waals surface area contributed by atoms with Crippen LogP contribution in [0.15, 0.2) is 231 Å². The molecule has 0 bridgehead atoms. The third-order valence-corrected chi connectivity index (χ3v) is 9.75. The van der Waals surface area contributed by atoms with Crippen LogP contribution in [0.2, 0.25) is 0 Å².